The molecule has 2 N–H and O–H groups in total. The van der Waals surface area contributed by atoms with E-state index in [9.17, 15) is 9.81 Å². The third kappa shape index (κ3) is 4.33. The van der Waals surface area contributed by atoms with Gasteiger partial charge in [-0.15, -0.1) is 0 Å². The number of nitrogens with zero attached hydrogens (tertiary/aromatic N) is 2. The Morgan fingerprint density at radius 3 is 2.38 bits per heavy atom. The summed E-state index contributed by atoms with van der Waals surface area (Å²) in [5, 5.41) is 6.87. The highest BCUT2D eigenvalue weighted by Crippen LogP contribution is 2.42. The Bertz CT molecular complexity index is 499. The zero-order valence-corrected chi connectivity index (χ0v) is 17.1. The smallest absolute Gasteiger partial charge is 0.112 e. The summed E-state index contributed by atoms with van der Waals surface area (Å²) in [5.74, 6) is 1.59. The van der Waals surface area contributed by atoms with Crippen LogP contribution in [0.1, 0.15) is 73.1 Å². The Morgan fingerprint density at radius 1 is 1.15 bits per heavy atom. The van der Waals surface area contributed by atoms with Crippen molar-refractivity contribution in [3.05, 3.63) is 9.81 Å². The van der Waals surface area contributed by atoms with Crippen molar-refractivity contribution < 1.29 is 4.74 Å². The van der Waals surface area contributed by atoms with Gasteiger partial charge in [0.1, 0.15) is 11.6 Å². The Labute approximate surface area is 158 Å². The summed E-state index contributed by atoms with van der Waals surface area (Å²) >= 11 is 0. The van der Waals surface area contributed by atoms with Crippen LogP contribution in [0.3, 0.4) is 0 Å². The van der Waals surface area contributed by atoms with Crippen LogP contribution < -0.4 is 5.73 Å². The number of nitroso groups, excluding NO2 is 2. The second-order valence-electron chi connectivity index (χ2n) is 9.55. The van der Waals surface area contributed by atoms with Crippen molar-refractivity contribution in [1.82, 2.24) is 0 Å². The van der Waals surface area contributed by atoms with Gasteiger partial charge in [0.15, 0.2) is 0 Å². The molecule has 0 bridgehead atoms. The van der Waals surface area contributed by atoms with Crippen LogP contribution >= 0.6 is 0 Å². The highest BCUT2D eigenvalue weighted by Gasteiger charge is 2.46. The lowest BCUT2D eigenvalue weighted by Gasteiger charge is -2.45. The molecular weight excluding hydrogens is 330 g/mol. The molecule has 2 saturated carbocycles. The summed E-state index contributed by atoms with van der Waals surface area (Å²) in [7, 11) is 0. The van der Waals surface area contributed by atoms with Gasteiger partial charge in [0.25, 0.3) is 0 Å². The first-order valence-corrected chi connectivity index (χ1v) is 10.2. The summed E-state index contributed by atoms with van der Waals surface area (Å²) in [4.78, 5) is 23.0. The first-order valence-electron chi connectivity index (χ1n) is 10.2. The van der Waals surface area contributed by atoms with Crippen LogP contribution in [0.4, 0.5) is 0 Å². The van der Waals surface area contributed by atoms with Crippen LogP contribution in [-0.2, 0) is 4.74 Å². The van der Waals surface area contributed by atoms with Crippen LogP contribution in [0, 0.1) is 33.5 Å². The van der Waals surface area contributed by atoms with E-state index in [1.807, 2.05) is 0 Å². The molecule has 0 aromatic rings. The lowest BCUT2D eigenvalue weighted by Crippen LogP contribution is -2.58. The van der Waals surface area contributed by atoms with Gasteiger partial charge >= 0.3 is 0 Å². The highest BCUT2D eigenvalue weighted by atomic mass is 16.5. The summed E-state index contributed by atoms with van der Waals surface area (Å²) < 4.78 is 6.25. The Kier molecular flexibility index (Phi) is 6.94. The van der Waals surface area contributed by atoms with Crippen molar-refractivity contribution >= 4 is 0 Å². The van der Waals surface area contributed by atoms with Crippen molar-refractivity contribution in [3.63, 3.8) is 0 Å². The van der Waals surface area contributed by atoms with Gasteiger partial charge < -0.3 is 10.5 Å². The largest absolute Gasteiger partial charge is 0.376 e. The lowest BCUT2D eigenvalue weighted by atomic mass is 9.69. The average Bonchev–Trinajstić information content (AvgIpc) is 2.61. The molecule has 26 heavy (non-hydrogen) atoms. The van der Waals surface area contributed by atoms with Gasteiger partial charge in [-0.2, -0.15) is 9.81 Å². The van der Waals surface area contributed by atoms with Gasteiger partial charge in [-0.05, 0) is 55.8 Å². The van der Waals surface area contributed by atoms with Crippen LogP contribution in [0.25, 0.3) is 0 Å². The molecule has 6 heteroatoms. The number of hydrogen-bond acceptors (Lipinski definition) is 6. The summed E-state index contributed by atoms with van der Waals surface area (Å²) in [6.07, 6.45) is 4.85. The first-order chi connectivity index (χ1) is 12.2. The quantitative estimate of drug-likeness (QED) is 0.663. The van der Waals surface area contributed by atoms with Crippen molar-refractivity contribution in [2.75, 3.05) is 6.61 Å². The van der Waals surface area contributed by atoms with Crippen LogP contribution in [0.2, 0.25) is 0 Å². The molecular formula is C20H37N3O3. The van der Waals surface area contributed by atoms with Gasteiger partial charge in [-0.25, -0.2) is 0 Å². The molecule has 0 radical (unpaired) electrons. The van der Waals surface area contributed by atoms with E-state index in [1.165, 1.54) is 0 Å². The fourth-order valence-electron chi connectivity index (χ4n) is 4.70. The molecule has 0 amide bonds. The number of ether oxygens (including phenoxy) is 1. The van der Waals surface area contributed by atoms with Crippen molar-refractivity contribution in [2.24, 2.45) is 39.8 Å². The molecule has 0 aliphatic heterocycles. The van der Waals surface area contributed by atoms with E-state index in [1.54, 1.807) is 0 Å². The molecule has 2 rings (SSSR count). The third-order valence-corrected chi connectivity index (χ3v) is 7.28. The van der Waals surface area contributed by atoms with E-state index in [-0.39, 0.29) is 12.0 Å². The van der Waals surface area contributed by atoms with Crippen LogP contribution in [-0.4, -0.2) is 29.8 Å². The maximum absolute atomic E-state index is 11.6. The summed E-state index contributed by atoms with van der Waals surface area (Å²) in [6.45, 7) is 11.0. The maximum Gasteiger partial charge on any atom is 0.112 e. The molecule has 0 heterocycles. The number of rotatable bonds is 7. The van der Waals surface area contributed by atoms with E-state index < -0.39 is 17.1 Å². The minimum Gasteiger partial charge on any atom is -0.376 e. The summed E-state index contributed by atoms with van der Waals surface area (Å²) in [5.41, 5.74) is 5.35. The molecule has 150 valence electrons. The highest BCUT2D eigenvalue weighted by molar-refractivity contribution is 5.03. The lowest BCUT2D eigenvalue weighted by molar-refractivity contribution is -0.0627. The number of hydrogen-bond donors (Lipinski definition) is 1. The van der Waals surface area contributed by atoms with Crippen molar-refractivity contribution in [1.29, 1.82) is 0 Å². The van der Waals surface area contributed by atoms with E-state index in [4.69, 9.17) is 10.5 Å². The van der Waals surface area contributed by atoms with Crippen LogP contribution in [0.15, 0.2) is 10.4 Å². The molecule has 0 aromatic heterocycles. The summed E-state index contributed by atoms with van der Waals surface area (Å²) in [6, 6.07) is -0.401. The van der Waals surface area contributed by atoms with Crippen LogP contribution in [0.5, 0.6) is 0 Å². The zero-order valence-electron chi connectivity index (χ0n) is 17.1. The topological polar surface area (TPSA) is 94.1 Å². The predicted molar refractivity (Wildman–Crippen MR) is 105 cm³/mol. The van der Waals surface area contributed by atoms with Gasteiger partial charge in [0.05, 0.1) is 18.2 Å². The molecule has 2 fully saturated rings. The zero-order chi connectivity index (χ0) is 19.5. The fourth-order valence-corrected chi connectivity index (χ4v) is 4.70. The Morgan fingerprint density at radius 2 is 1.85 bits per heavy atom. The molecule has 6 nitrogen and oxygen atoms in total. The average molecular weight is 368 g/mol. The van der Waals surface area contributed by atoms with E-state index in [0.717, 1.165) is 32.1 Å². The second-order valence-corrected chi connectivity index (χ2v) is 9.55. The molecule has 2 aliphatic carbocycles. The molecule has 6 unspecified atom stereocenters. The molecule has 0 aromatic carbocycles. The first kappa shape index (κ1) is 21.4. The predicted octanol–water partition coefficient (Wildman–Crippen LogP) is 4.64. The maximum atomic E-state index is 11.6. The minimum absolute atomic E-state index is 0.0422. The Balaban J connectivity index is 2.03. The number of nitrogens with two attached hydrogens (primary N) is 1. The van der Waals surface area contributed by atoms with Crippen molar-refractivity contribution in [2.45, 2.75) is 96.4 Å². The minimum atomic E-state index is -0.695. The van der Waals surface area contributed by atoms with Gasteiger partial charge in [-0.3, -0.25) is 0 Å². The second kappa shape index (κ2) is 8.42. The van der Waals surface area contributed by atoms with Gasteiger partial charge in [0, 0.05) is 6.42 Å². The van der Waals surface area contributed by atoms with Gasteiger partial charge in [0.2, 0.25) is 0 Å². The van der Waals surface area contributed by atoms with E-state index in [0.29, 0.717) is 30.8 Å². The molecule has 6 atom stereocenters. The van der Waals surface area contributed by atoms with Crippen molar-refractivity contribution in [3.8, 4) is 0 Å². The normalized spacial score (nSPS) is 41.4. The SMILES string of the molecule is CC(C)C1CCC(N)(COC2CC(N=O)(C(C)C)CCC2C)C(N=O)C1. The molecule has 0 spiro atoms. The fraction of sp³-hybridized carbons (Fsp3) is 1.00. The Hall–Kier alpha value is -0.880. The molecule has 2 aliphatic rings. The van der Waals surface area contributed by atoms with Gasteiger partial charge in [-0.1, -0.05) is 45.0 Å². The van der Waals surface area contributed by atoms with E-state index in [2.05, 4.69) is 45.0 Å². The standard InChI is InChI=1S/C20H37N3O3/c1-13(2)16-7-8-19(21,18(10-16)22-24)12-26-17-11-20(23-25,14(3)4)9-6-15(17)5/h13-18H,6-12,21H2,1-5H3. The molecule has 0 saturated heterocycles. The third-order valence-electron chi connectivity index (χ3n) is 7.28. The monoisotopic (exact) mass is 367 g/mol. The van der Waals surface area contributed by atoms with E-state index >= 15 is 0 Å².